The van der Waals surface area contributed by atoms with Crippen LogP contribution >= 0.6 is 0 Å². The van der Waals surface area contributed by atoms with Crippen molar-refractivity contribution in [2.75, 3.05) is 31.7 Å². The van der Waals surface area contributed by atoms with Gasteiger partial charge in [0.2, 0.25) is 0 Å². The van der Waals surface area contributed by atoms with Crippen molar-refractivity contribution in [3.8, 4) is 6.07 Å². The highest BCUT2D eigenvalue weighted by Crippen LogP contribution is 2.29. The van der Waals surface area contributed by atoms with Gasteiger partial charge in [0.1, 0.15) is 22.9 Å². The number of piperazine rings is 1. The molecule has 3 rings (SSSR count). The second-order valence-electron chi connectivity index (χ2n) is 8.85. The quantitative estimate of drug-likeness (QED) is 0.741. The number of amides is 1. The van der Waals surface area contributed by atoms with Gasteiger partial charge in [0, 0.05) is 39.4 Å². The van der Waals surface area contributed by atoms with Crippen LogP contribution in [-0.4, -0.2) is 65.0 Å². The van der Waals surface area contributed by atoms with Crippen LogP contribution in [0.5, 0.6) is 0 Å². The van der Waals surface area contributed by atoms with Gasteiger partial charge < -0.3 is 23.8 Å². The molecule has 1 fully saturated rings. The smallest absolute Gasteiger partial charge is 0.410 e. The van der Waals surface area contributed by atoms with Crippen molar-refractivity contribution in [3.63, 3.8) is 0 Å². The van der Waals surface area contributed by atoms with Gasteiger partial charge in [0.05, 0.1) is 23.9 Å². The molecule has 1 amide bonds. The number of carbonyl (C=O) groups is 1. The molecule has 3 heterocycles. The fourth-order valence-electron chi connectivity index (χ4n) is 3.84. The van der Waals surface area contributed by atoms with E-state index in [0.29, 0.717) is 36.4 Å². The molecule has 9 nitrogen and oxygen atoms in total. The third-order valence-corrected chi connectivity index (χ3v) is 5.32. The van der Waals surface area contributed by atoms with Crippen LogP contribution in [0.3, 0.4) is 0 Å². The van der Waals surface area contributed by atoms with Gasteiger partial charge in [-0.3, -0.25) is 4.79 Å². The van der Waals surface area contributed by atoms with E-state index < -0.39 is 5.60 Å². The Morgan fingerprint density at radius 1 is 1.32 bits per heavy atom. The number of ether oxygens (including phenoxy) is 2. The molecule has 2 aromatic heterocycles. The van der Waals surface area contributed by atoms with Crippen molar-refractivity contribution in [3.05, 3.63) is 34.2 Å². The number of nitriles is 1. The van der Waals surface area contributed by atoms with Crippen molar-refractivity contribution >= 4 is 22.8 Å². The zero-order chi connectivity index (χ0) is 22.9. The van der Waals surface area contributed by atoms with Crippen LogP contribution in [0, 0.1) is 11.3 Å². The molecule has 0 aromatic carbocycles. The van der Waals surface area contributed by atoms with Crippen molar-refractivity contribution in [1.29, 1.82) is 5.26 Å². The fourth-order valence-corrected chi connectivity index (χ4v) is 3.84. The molecule has 0 aliphatic carbocycles. The number of carbonyl (C=O) groups excluding carboxylic acids is 1. The lowest BCUT2D eigenvalue weighted by Gasteiger charge is -2.46. The average molecular weight is 428 g/mol. The maximum atomic E-state index is 12.8. The summed E-state index contributed by atoms with van der Waals surface area (Å²) >= 11 is 0. The lowest BCUT2D eigenvalue weighted by molar-refractivity contribution is 0.00904. The Morgan fingerprint density at radius 3 is 2.65 bits per heavy atom. The zero-order valence-electron chi connectivity index (χ0n) is 18.9. The summed E-state index contributed by atoms with van der Waals surface area (Å²) in [4.78, 5) is 33.6. The number of rotatable bonds is 3. The van der Waals surface area contributed by atoms with Gasteiger partial charge in [-0.15, -0.1) is 0 Å². The van der Waals surface area contributed by atoms with Crippen LogP contribution < -0.4 is 10.5 Å². The lowest BCUT2D eigenvalue weighted by Crippen LogP contribution is -2.61. The first-order valence-corrected chi connectivity index (χ1v) is 10.2. The second-order valence-corrected chi connectivity index (χ2v) is 8.85. The summed E-state index contributed by atoms with van der Waals surface area (Å²) in [6, 6.07) is 6.55. The SMILES string of the molecule is COC[C@H]1CN(C(=O)OC(C)(C)C)[C@H](C)CN1c1cc(=O)n(C)c2ccc(C#N)nc12. The monoisotopic (exact) mass is 427 g/mol. The molecule has 2 aromatic rings. The number of hydrogen-bond donors (Lipinski definition) is 0. The molecule has 9 heteroatoms. The van der Waals surface area contributed by atoms with Gasteiger partial charge in [0.25, 0.3) is 5.56 Å². The molecular weight excluding hydrogens is 398 g/mol. The van der Waals surface area contributed by atoms with E-state index in [2.05, 4.69) is 11.1 Å². The highest BCUT2D eigenvalue weighted by molar-refractivity contribution is 5.89. The maximum Gasteiger partial charge on any atom is 0.410 e. The molecule has 0 N–H and O–H groups in total. The van der Waals surface area contributed by atoms with E-state index in [1.165, 1.54) is 10.6 Å². The first kappa shape index (κ1) is 22.6. The number of nitrogens with zero attached hydrogens (tertiary/aromatic N) is 5. The number of anilines is 1. The van der Waals surface area contributed by atoms with Gasteiger partial charge in [-0.25, -0.2) is 9.78 Å². The van der Waals surface area contributed by atoms with Crippen molar-refractivity contribution in [2.45, 2.75) is 45.4 Å². The van der Waals surface area contributed by atoms with E-state index in [4.69, 9.17) is 9.47 Å². The van der Waals surface area contributed by atoms with E-state index in [1.807, 2.05) is 32.6 Å². The molecule has 1 saturated heterocycles. The summed E-state index contributed by atoms with van der Waals surface area (Å²) in [6.45, 7) is 8.64. The lowest BCUT2D eigenvalue weighted by atomic mass is 10.1. The minimum atomic E-state index is -0.593. The molecule has 0 radical (unpaired) electrons. The van der Waals surface area contributed by atoms with Crippen LogP contribution in [0.4, 0.5) is 10.5 Å². The van der Waals surface area contributed by atoms with Gasteiger partial charge >= 0.3 is 6.09 Å². The third kappa shape index (κ3) is 4.64. The van der Waals surface area contributed by atoms with E-state index >= 15 is 0 Å². The minimum absolute atomic E-state index is 0.166. The number of pyridine rings is 2. The predicted molar refractivity (Wildman–Crippen MR) is 117 cm³/mol. The number of aromatic nitrogens is 2. The Hall–Kier alpha value is -3.12. The largest absolute Gasteiger partial charge is 0.444 e. The van der Waals surface area contributed by atoms with Crippen LogP contribution in [0.2, 0.25) is 0 Å². The summed E-state index contributed by atoms with van der Waals surface area (Å²) in [7, 11) is 3.28. The first-order valence-electron chi connectivity index (χ1n) is 10.2. The molecule has 2 atom stereocenters. The number of fused-ring (bicyclic) bond motifs is 1. The number of methoxy groups -OCH3 is 1. The summed E-state index contributed by atoms with van der Waals surface area (Å²) in [5, 5.41) is 9.32. The molecule has 31 heavy (non-hydrogen) atoms. The highest BCUT2D eigenvalue weighted by Gasteiger charge is 2.37. The summed E-state index contributed by atoms with van der Waals surface area (Å²) < 4.78 is 12.5. The molecule has 0 spiro atoms. The van der Waals surface area contributed by atoms with Crippen LogP contribution in [0.15, 0.2) is 23.0 Å². The summed E-state index contributed by atoms with van der Waals surface area (Å²) in [5.74, 6) is 0. The van der Waals surface area contributed by atoms with Crippen molar-refractivity contribution in [1.82, 2.24) is 14.5 Å². The third-order valence-electron chi connectivity index (χ3n) is 5.32. The van der Waals surface area contributed by atoms with Crippen molar-refractivity contribution < 1.29 is 14.3 Å². The molecule has 0 saturated carbocycles. The average Bonchev–Trinajstić information content (AvgIpc) is 2.70. The van der Waals surface area contributed by atoms with E-state index in [1.54, 1.807) is 31.2 Å². The summed E-state index contributed by atoms with van der Waals surface area (Å²) in [5.41, 5.74) is 1.35. The fraction of sp³-hybridized carbons (Fsp3) is 0.545. The number of aryl methyl sites for hydroxylation is 1. The second kappa shape index (κ2) is 8.55. The molecule has 0 unspecified atom stereocenters. The Kier molecular flexibility index (Phi) is 6.23. The topological polar surface area (TPSA) is 101 Å². The maximum absolute atomic E-state index is 12.8. The summed E-state index contributed by atoms with van der Waals surface area (Å²) in [6.07, 6.45) is -0.375. The van der Waals surface area contributed by atoms with Crippen LogP contribution in [0.25, 0.3) is 11.0 Å². The van der Waals surface area contributed by atoms with Gasteiger partial charge in [-0.2, -0.15) is 5.26 Å². The molecule has 0 bridgehead atoms. The Morgan fingerprint density at radius 2 is 2.03 bits per heavy atom. The number of hydrogen-bond acceptors (Lipinski definition) is 7. The van der Waals surface area contributed by atoms with E-state index in [9.17, 15) is 14.9 Å². The van der Waals surface area contributed by atoms with E-state index in [-0.39, 0.29) is 29.4 Å². The van der Waals surface area contributed by atoms with Gasteiger partial charge in [-0.1, -0.05) is 0 Å². The van der Waals surface area contributed by atoms with Gasteiger partial charge in [-0.05, 0) is 39.8 Å². The molecular formula is C22H29N5O4. The molecule has 1 aliphatic heterocycles. The molecule has 1 aliphatic rings. The first-order chi connectivity index (χ1) is 14.6. The minimum Gasteiger partial charge on any atom is -0.444 e. The van der Waals surface area contributed by atoms with Crippen LogP contribution in [0.1, 0.15) is 33.4 Å². The predicted octanol–water partition coefficient (Wildman–Crippen LogP) is 2.27. The van der Waals surface area contributed by atoms with Gasteiger partial charge in [0.15, 0.2) is 0 Å². The standard InChI is InChI=1S/C22H29N5O4/c1-14-11-27(16(13-30-6)12-26(14)21(29)31-22(2,3)4)18-9-19(28)25(5)17-8-7-15(10-23)24-20(17)18/h7-9,14,16H,11-13H2,1-6H3/t14-,16-/m1/s1. The Balaban J connectivity index is 2.05. The van der Waals surface area contributed by atoms with Crippen molar-refractivity contribution in [2.24, 2.45) is 7.05 Å². The normalized spacial score (nSPS) is 19.4. The van der Waals surface area contributed by atoms with Crippen LogP contribution in [-0.2, 0) is 16.5 Å². The Labute approximate surface area is 181 Å². The Bertz CT molecular complexity index is 1080. The van der Waals surface area contributed by atoms with E-state index in [0.717, 1.165) is 0 Å². The zero-order valence-corrected chi connectivity index (χ0v) is 18.9. The molecule has 166 valence electrons. The highest BCUT2D eigenvalue weighted by atomic mass is 16.6.